The Balaban J connectivity index is 0.00000196. The Morgan fingerprint density at radius 2 is 1.87 bits per heavy atom. The molecule has 0 amide bonds. The minimum atomic E-state index is -4.95. The van der Waals surface area contributed by atoms with Gasteiger partial charge in [0.2, 0.25) is 0 Å². The van der Waals surface area contributed by atoms with E-state index in [1.165, 1.54) is 12.1 Å². The van der Waals surface area contributed by atoms with Gasteiger partial charge >= 0.3 is 58.4 Å². The Labute approximate surface area is 129 Å². The summed E-state index contributed by atoms with van der Waals surface area (Å²) in [5, 5.41) is 9.22. The maximum Gasteiger partial charge on any atom is 1.00 e. The molecule has 0 unspecified atom stereocenters. The smallest absolute Gasteiger partial charge is 0.507 e. The van der Waals surface area contributed by atoms with Crippen LogP contribution in [0, 0.1) is 6.92 Å². The molecule has 0 bridgehead atoms. The monoisotopic (exact) mass is 240 g/mol. The second-order valence-electron chi connectivity index (χ2n) is 3.05. The molecule has 1 rings (SSSR count). The molecule has 0 aliphatic carbocycles. The summed E-state index contributed by atoms with van der Waals surface area (Å²) in [5.41, 5.74) is 0.987. The molecule has 1 aromatic rings. The first-order valence-corrected chi connectivity index (χ1v) is 4.07. The third-order valence-electron chi connectivity index (χ3n) is 1.68. The summed E-state index contributed by atoms with van der Waals surface area (Å²) in [5.74, 6) is 0.0148. The molecule has 6 heteroatoms. The first kappa shape index (κ1) is 15.3. The van der Waals surface area contributed by atoms with Gasteiger partial charge < -0.3 is 18.1 Å². The van der Waals surface area contributed by atoms with Gasteiger partial charge in [0.1, 0.15) is 5.75 Å². The van der Waals surface area contributed by atoms with Crippen molar-refractivity contribution in [3.8, 4) is 5.75 Å². The van der Waals surface area contributed by atoms with Crippen molar-refractivity contribution in [1.29, 1.82) is 0 Å². The predicted octanol–water partition coefficient (Wildman–Crippen LogP) is 0.104. The third kappa shape index (κ3) is 5.77. The summed E-state index contributed by atoms with van der Waals surface area (Å²) >= 11 is 0. The largest absolute Gasteiger partial charge is 1.00 e. The zero-order chi connectivity index (χ0) is 10.8. The number of aryl methyl sites for hydroxylation is 1. The Kier molecular flexibility index (Phi) is 6.20. The van der Waals surface area contributed by atoms with E-state index in [4.69, 9.17) is 0 Å². The fraction of sp³-hybridized carbons (Fsp3) is 0.111. The molecule has 0 atom stereocenters. The topological polar surface area (TPSA) is 20.2 Å². The van der Waals surface area contributed by atoms with Gasteiger partial charge in [-0.25, -0.2) is 0 Å². The van der Waals surface area contributed by atoms with Crippen molar-refractivity contribution in [3.63, 3.8) is 0 Å². The van der Waals surface area contributed by atoms with E-state index in [-0.39, 0.29) is 68.7 Å². The zero-order valence-electron chi connectivity index (χ0n) is 8.55. The second-order valence-corrected chi connectivity index (χ2v) is 3.05. The minimum absolute atomic E-state index is 0. The van der Waals surface area contributed by atoms with Crippen molar-refractivity contribution >= 4 is 13.1 Å². The molecule has 15 heavy (non-hydrogen) atoms. The van der Waals surface area contributed by atoms with Crippen LogP contribution in [-0.2, 0) is 0 Å². The van der Waals surface area contributed by atoms with Crippen molar-refractivity contribution in [1.82, 2.24) is 0 Å². The van der Waals surface area contributed by atoms with Crippen molar-refractivity contribution in [2.24, 2.45) is 0 Å². The van der Waals surface area contributed by atoms with Gasteiger partial charge in [-0.05, 0) is 19.1 Å². The molecule has 0 aliphatic heterocycles. The van der Waals surface area contributed by atoms with Gasteiger partial charge in [0.25, 0.3) is 0 Å². The van der Waals surface area contributed by atoms with Crippen molar-refractivity contribution in [2.75, 3.05) is 0 Å². The number of halogens is 3. The number of phenols is 1. The quantitative estimate of drug-likeness (QED) is 0.727. The number of hydrogen-bond donors (Lipinski definition) is 1. The molecule has 0 saturated heterocycles. The molecule has 0 radical (unpaired) electrons. The van der Waals surface area contributed by atoms with Gasteiger partial charge in [-0.15, -0.1) is 5.98 Å². The maximum atomic E-state index is 11.9. The van der Waals surface area contributed by atoms with E-state index in [9.17, 15) is 18.1 Å². The van der Waals surface area contributed by atoms with Crippen LogP contribution >= 0.6 is 0 Å². The van der Waals surface area contributed by atoms with Crippen molar-refractivity contribution < 1.29 is 69.4 Å². The Morgan fingerprint density at radius 1 is 1.27 bits per heavy atom. The van der Waals surface area contributed by atoms with Crippen LogP contribution in [0.5, 0.6) is 5.75 Å². The SMILES string of the molecule is Cc1ccc(O)c(/C=C/[B-](F)(F)F)c1.[K+]. The summed E-state index contributed by atoms with van der Waals surface area (Å²) in [6.45, 7) is -3.20. The molecule has 0 heterocycles. The van der Waals surface area contributed by atoms with E-state index in [0.717, 1.165) is 11.6 Å². The van der Waals surface area contributed by atoms with Crippen LogP contribution in [0.3, 0.4) is 0 Å². The molecule has 0 aromatic heterocycles. The summed E-state index contributed by atoms with van der Waals surface area (Å²) in [6.07, 6.45) is 0.877. The molecule has 0 saturated carbocycles. The van der Waals surface area contributed by atoms with E-state index >= 15 is 0 Å². The fourth-order valence-corrected chi connectivity index (χ4v) is 1.02. The maximum absolute atomic E-state index is 11.9. The van der Waals surface area contributed by atoms with E-state index in [2.05, 4.69) is 0 Å². The molecule has 1 aromatic carbocycles. The van der Waals surface area contributed by atoms with Gasteiger partial charge in [-0.2, -0.15) is 0 Å². The first-order valence-electron chi connectivity index (χ1n) is 4.07. The van der Waals surface area contributed by atoms with Crippen LogP contribution in [0.2, 0.25) is 0 Å². The molecular formula is C9H9BF3KO. The second kappa shape index (κ2) is 6.10. The van der Waals surface area contributed by atoms with E-state index in [0.29, 0.717) is 0 Å². The van der Waals surface area contributed by atoms with Gasteiger partial charge in [0.15, 0.2) is 0 Å². The number of benzene rings is 1. The summed E-state index contributed by atoms with van der Waals surface area (Å²) < 4.78 is 35.6. The molecule has 0 fully saturated rings. The molecule has 76 valence electrons. The number of rotatable bonds is 2. The molecule has 1 nitrogen and oxygen atoms in total. The average Bonchev–Trinajstić information content (AvgIpc) is 2.05. The van der Waals surface area contributed by atoms with Crippen LogP contribution in [0.4, 0.5) is 12.9 Å². The Bertz CT molecular complexity index is 363. The normalized spacial score (nSPS) is 11.5. The van der Waals surface area contributed by atoms with E-state index in [1.54, 1.807) is 13.0 Å². The fourth-order valence-electron chi connectivity index (χ4n) is 1.02. The number of aromatic hydroxyl groups is 1. The van der Waals surface area contributed by atoms with Crippen LogP contribution in [0.1, 0.15) is 11.1 Å². The predicted molar refractivity (Wildman–Crippen MR) is 51.0 cm³/mol. The summed E-state index contributed by atoms with van der Waals surface area (Å²) in [4.78, 5) is 0. The van der Waals surface area contributed by atoms with Crippen LogP contribution < -0.4 is 51.4 Å². The van der Waals surface area contributed by atoms with Crippen LogP contribution in [-0.4, -0.2) is 12.1 Å². The van der Waals surface area contributed by atoms with E-state index < -0.39 is 6.98 Å². The van der Waals surface area contributed by atoms with Crippen LogP contribution in [0.25, 0.3) is 6.08 Å². The first-order chi connectivity index (χ1) is 6.38. The molecule has 0 aliphatic rings. The third-order valence-corrected chi connectivity index (χ3v) is 1.68. The van der Waals surface area contributed by atoms with Crippen LogP contribution in [0.15, 0.2) is 24.2 Å². The summed E-state index contributed by atoms with van der Waals surface area (Å²) in [6, 6.07) is 4.50. The molecule has 1 N–H and O–H groups in total. The number of hydrogen-bond acceptors (Lipinski definition) is 1. The van der Waals surface area contributed by atoms with Gasteiger partial charge in [-0.3, -0.25) is 0 Å². The number of phenolic OH excluding ortho intramolecular Hbond substituents is 1. The van der Waals surface area contributed by atoms with Crippen molar-refractivity contribution in [3.05, 3.63) is 35.3 Å². The zero-order valence-corrected chi connectivity index (χ0v) is 11.7. The van der Waals surface area contributed by atoms with Gasteiger partial charge in [0, 0.05) is 5.56 Å². The van der Waals surface area contributed by atoms with Crippen molar-refractivity contribution in [2.45, 2.75) is 6.92 Å². The van der Waals surface area contributed by atoms with Gasteiger partial charge in [0.05, 0.1) is 0 Å². The molecule has 0 spiro atoms. The van der Waals surface area contributed by atoms with Gasteiger partial charge in [-0.1, -0.05) is 17.7 Å². The molecular weight excluding hydrogens is 231 g/mol. The minimum Gasteiger partial charge on any atom is -0.507 e. The standard InChI is InChI=1S/C9H9BF3O.K/c1-7-2-3-9(14)8(6-7)4-5-10(11,12)13;/h2-6,14H,1H3;/q-1;+1/b5-4+;. The summed E-state index contributed by atoms with van der Waals surface area (Å²) in [7, 11) is 0. The Hall–Kier alpha value is 0.251. The van der Waals surface area contributed by atoms with E-state index in [1.807, 2.05) is 0 Å². The average molecular weight is 240 g/mol. The Morgan fingerprint density at radius 3 is 2.40 bits per heavy atom.